The Morgan fingerprint density at radius 3 is 2.68 bits per heavy atom. The first kappa shape index (κ1) is 24.7. The Balaban J connectivity index is 1.42. The summed E-state index contributed by atoms with van der Waals surface area (Å²) in [5, 5.41) is 19.4. The number of pyridine rings is 1. The van der Waals surface area contributed by atoms with E-state index in [0.717, 1.165) is 43.1 Å². The van der Waals surface area contributed by atoms with Gasteiger partial charge in [0.05, 0.1) is 39.2 Å². The lowest BCUT2D eigenvalue weighted by Crippen LogP contribution is -2.48. The number of aromatic nitrogens is 4. The number of aromatic amines is 1. The second-order valence-electron chi connectivity index (χ2n) is 8.62. The normalized spacial score (nSPS) is 13.6. The molecule has 37 heavy (non-hydrogen) atoms. The molecule has 0 spiro atoms. The molecule has 190 valence electrons. The Kier molecular flexibility index (Phi) is 7.06. The van der Waals surface area contributed by atoms with Gasteiger partial charge in [-0.15, -0.1) is 16.4 Å². The molecule has 1 saturated heterocycles. The zero-order chi connectivity index (χ0) is 25.9. The number of benzene rings is 1. The fourth-order valence-electron chi connectivity index (χ4n) is 4.26. The van der Waals surface area contributed by atoms with E-state index in [1.54, 1.807) is 48.3 Å². The third-order valence-corrected chi connectivity index (χ3v) is 7.44. The number of amidine groups is 1. The number of nitrogens with zero attached hydrogens (tertiary/aromatic N) is 5. The number of hydrogen-bond donors (Lipinski definition) is 3. The van der Waals surface area contributed by atoms with E-state index in [1.165, 1.54) is 11.3 Å². The Labute approximate surface area is 222 Å². The fourth-order valence-corrected chi connectivity index (χ4v) is 5.22. The minimum atomic E-state index is -0.219. The average molecular weight is 537 g/mol. The molecule has 1 amide bonds. The number of amides is 1. The van der Waals surface area contributed by atoms with Gasteiger partial charge in [0, 0.05) is 37.9 Å². The zero-order valence-corrected chi connectivity index (χ0v) is 21.6. The van der Waals surface area contributed by atoms with Crippen LogP contribution in [0.2, 0.25) is 4.34 Å². The summed E-state index contributed by atoms with van der Waals surface area (Å²) in [5.41, 5.74) is 3.56. The Morgan fingerprint density at radius 1 is 1.16 bits per heavy atom. The van der Waals surface area contributed by atoms with Crippen LogP contribution < -0.4 is 15.8 Å². The highest BCUT2D eigenvalue weighted by Crippen LogP contribution is 2.30. The van der Waals surface area contributed by atoms with Gasteiger partial charge in [-0.05, 0) is 48.9 Å². The number of carbonyl (C=O) groups excluding carboxylic acids is 1. The summed E-state index contributed by atoms with van der Waals surface area (Å²) in [6.07, 6.45) is 3.40. The van der Waals surface area contributed by atoms with Gasteiger partial charge in [-0.2, -0.15) is 0 Å². The fraction of sp³-hybridized carbons (Fsp3) is 0.240. The lowest BCUT2D eigenvalue weighted by Gasteiger charge is -2.37. The highest BCUT2D eigenvalue weighted by atomic mass is 35.5. The van der Waals surface area contributed by atoms with E-state index in [9.17, 15) is 9.59 Å². The van der Waals surface area contributed by atoms with Crippen LogP contribution in [-0.4, -0.2) is 62.8 Å². The summed E-state index contributed by atoms with van der Waals surface area (Å²) in [4.78, 5) is 32.4. The summed E-state index contributed by atoms with van der Waals surface area (Å²) < 4.78 is 2.24. The lowest BCUT2D eigenvalue weighted by molar-refractivity contribution is 0.0954. The first-order chi connectivity index (χ1) is 17.9. The molecule has 4 aromatic rings. The zero-order valence-electron chi connectivity index (χ0n) is 20.1. The molecule has 5 rings (SSSR count). The summed E-state index contributed by atoms with van der Waals surface area (Å²) in [5.74, 6) is 0.334. The van der Waals surface area contributed by atoms with Crippen molar-refractivity contribution in [3.05, 3.63) is 80.1 Å². The van der Waals surface area contributed by atoms with Gasteiger partial charge in [-0.1, -0.05) is 22.9 Å². The SMILES string of the molecule is CC(=N)N1CCN(c2cc(-c3ccc[nH]c3=O)ccc2-n2cc(CNC(=O)c3ccc(Cl)s3)nn2)CC1. The van der Waals surface area contributed by atoms with Crippen molar-refractivity contribution in [2.45, 2.75) is 13.5 Å². The molecule has 0 atom stereocenters. The quantitative estimate of drug-likeness (QED) is 0.256. The van der Waals surface area contributed by atoms with Crippen molar-refractivity contribution in [1.82, 2.24) is 30.2 Å². The standard InChI is InChI=1S/C25H25ClN8O2S/c1-16(27)32-9-11-33(12-10-32)21-13-17(19-3-2-8-28-24(19)35)4-5-20(21)34-15-18(30-31-34)14-29-25(36)22-6-7-23(26)37-22/h2-8,13,15,27H,9-12,14H2,1H3,(H,28,35)(H,29,36). The van der Waals surface area contributed by atoms with Gasteiger partial charge in [0.1, 0.15) is 5.69 Å². The van der Waals surface area contributed by atoms with Gasteiger partial charge in [0.15, 0.2) is 0 Å². The van der Waals surface area contributed by atoms with Crippen LogP contribution in [0.5, 0.6) is 0 Å². The number of nitrogens with one attached hydrogen (secondary N) is 3. The van der Waals surface area contributed by atoms with Crippen molar-refractivity contribution >= 4 is 40.4 Å². The third-order valence-electron chi connectivity index (χ3n) is 6.21. The van der Waals surface area contributed by atoms with Gasteiger partial charge in [-0.3, -0.25) is 15.0 Å². The van der Waals surface area contributed by atoms with E-state index in [2.05, 4.69) is 25.5 Å². The molecule has 1 aliphatic heterocycles. The van der Waals surface area contributed by atoms with Crippen LogP contribution >= 0.6 is 22.9 Å². The maximum absolute atomic E-state index is 12.4. The number of halogens is 1. The van der Waals surface area contributed by atoms with E-state index in [0.29, 0.717) is 26.3 Å². The smallest absolute Gasteiger partial charge is 0.261 e. The van der Waals surface area contributed by atoms with Crippen LogP contribution in [-0.2, 0) is 6.54 Å². The molecular weight excluding hydrogens is 512 g/mol. The third kappa shape index (κ3) is 5.42. The maximum Gasteiger partial charge on any atom is 0.261 e. The summed E-state index contributed by atoms with van der Waals surface area (Å²) in [6.45, 7) is 4.92. The molecule has 0 aliphatic carbocycles. The summed E-state index contributed by atoms with van der Waals surface area (Å²) in [6, 6.07) is 12.8. The highest BCUT2D eigenvalue weighted by Gasteiger charge is 2.22. The lowest BCUT2D eigenvalue weighted by atomic mass is 10.0. The first-order valence-electron chi connectivity index (χ1n) is 11.7. The van der Waals surface area contributed by atoms with Gasteiger partial charge in [0.25, 0.3) is 11.5 Å². The molecule has 1 fully saturated rings. The Hall–Kier alpha value is -3.96. The van der Waals surface area contributed by atoms with Crippen molar-refractivity contribution in [3.8, 4) is 16.8 Å². The summed E-state index contributed by atoms with van der Waals surface area (Å²) in [7, 11) is 0. The first-order valence-corrected chi connectivity index (χ1v) is 12.9. The van der Waals surface area contributed by atoms with Crippen molar-refractivity contribution < 1.29 is 4.79 Å². The van der Waals surface area contributed by atoms with Crippen LogP contribution in [0.1, 0.15) is 22.3 Å². The molecule has 10 nitrogen and oxygen atoms in total. The molecule has 1 aromatic carbocycles. The van der Waals surface area contributed by atoms with E-state index in [4.69, 9.17) is 17.0 Å². The average Bonchev–Trinajstić information content (AvgIpc) is 3.56. The molecule has 3 aromatic heterocycles. The Bertz CT molecular complexity index is 1500. The van der Waals surface area contributed by atoms with Crippen molar-refractivity contribution in [2.75, 3.05) is 31.1 Å². The number of thiophene rings is 1. The van der Waals surface area contributed by atoms with Crippen LogP contribution in [0.15, 0.2) is 59.7 Å². The largest absolute Gasteiger partial charge is 0.366 e. The molecular formula is C25H25ClN8O2S. The van der Waals surface area contributed by atoms with Crippen molar-refractivity contribution in [2.24, 2.45) is 0 Å². The van der Waals surface area contributed by atoms with Crippen LogP contribution in [0.25, 0.3) is 16.8 Å². The molecule has 3 N–H and O–H groups in total. The van der Waals surface area contributed by atoms with E-state index in [1.807, 2.05) is 23.1 Å². The second kappa shape index (κ2) is 10.6. The van der Waals surface area contributed by atoms with Crippen LogP contribution in [0.3, 0.4) is 0 Å². The monoisotopic (exact) mass is 536 g/mol. The van der Waals surface area contributed by atoms with Gasteiger partial charge in [0.2, 0.25) is 0 Å². The van der Waals surface area contributed by atoms with Gasteiger partial charge < -0.3 is 20.1 Å². The minimum absolute atomic E-state index is 0.156. The predicted octanol–water partition coefficient (Wildman–Crippen LogP) is 3.39. The minimum Gasteiger partial charge on any atom is -0.366 e. The molecule has 0 bridgehead atoms. The molecule has 4 heterocycles. The molecule has 1 aliphatic rings. The maximum atomic E-state index is 12.4. The molecule has 0 saturated carbocycles. The number of anilines is 1. The Morgan fingerprint density at radius 2 is 1.97 bits per heavy atom. The van der Waals surface area contributed by atoms with E-state index in [-0.39, 0.29) is 18.0 Å². The van der Waals surface area contributed by atoms with Gasteiger partial charge >= 0.3 is 0 Å². The van der Waals surface area contributed by atoms with Crippen LogP contribution in [0, 0.1) is 5.41 Å². The van der Waals surface area contributed by atoms with Crippen LogP contribution in [0.4, 0.5) is 5.69 Å². The topological polar surface area (TPSA) is 123 Å². The van der Waals surface area contributed by atoms with Gasteiger partial charge in [-0.25, -0.2) is 4.68 Å². The van der Waals surface area contributed by atoms with E-state index < -0.39 is 0 Å². The number of carbonyl (C=O) groups is 1. The van der Waals surface area contributed by atoms with Crippen molar-refractivity contribution in [3.63, 3.8) is 0 Å². The molecule has 0 unspecified atom stereocenters. The number of piperazine rings is 1. The predicted molar refractivity (Wildman–Crippen MR) is 145 cm³/mol. The second-order valence-corrected chi connectivity index (χ2v) is 10.3. The highest BCUT2D eigenvalue weighted by molar-refractivity contribution is 7.18. The van der Waals surface area contributed by atoms with E-state index >= 15 is 0 Å². The number of hydrogen-bond acceptors (Lipinski definition) is 7. The number of rotatable bonds is 6. The summed E-state index contributed by atoms with van der Waals surface area (Å²) >= 11 is 7.15. The molecule has 0 radical (unpaired) electrons. The number of H-pyrrole nitrogens is 1. The molecule has 12 heteroatoms. The van der Waals surface area contributed by atoms with Crippen molar-refractivity contribution in [1.29, 1.82) is 5.41 Å².